The van der Waals surface area contributed by atoms with E-state index in [1.165, 1.54) is 12.5 Å². The van der Waals surface area contributed by atoms with Crippen LogP contribution in [0.4, 0.5) is 5.69 Å². The van der Waals surface area contributed by atoms with Crippen LogP contribution in [0.5, 0.6) is 0 Å². The molecule has 0 bridgehead atoms. The van der Waals surface area contributed by atoms with Crippen LogP contribution in [0.25, 0.3) is 11.0 Å². The number of furan rings is 1. The molecule has 1 aromatic heterocycles. The zero-order chi connectivity index (χ0) is 17.3. The summed E-state index contributed by atoms with van der Waals surface area (Å²) in [5.74, 6) is -0.0629. The van der Waals surface area contributed by atoms with Crippen molar-refractivity contribution in [1.82, 2.24) is 0 Å². The van der Waals surface area contributed by atoms with Crippen molar-refractivity contribution in [2.24, 2.45) is 0 Å². The number of hydrogen-bond donors (Lipinski definition) is 1. The van der Waals surface area contributed by atoms with Crippen LogP contribution in [0.15, 0.2) is 46.9 Å². The lowest BCUT2D eigenvalue weighted by Gasteiger charge is -2.05. The van der Waals surface area contributed by atoms with Crippen LogP contribution in [0.3, 0.4) is 0 Å². The summed E-state index contributed by atoms with van der Waals surface area (Å²) in [4.78, 5) is 24.0. The molecule has 0 saturated heterocycles. The quantitative estimate of drug-likeness (QED) is 0.705. The van der Waals surface area contributed by atoms with Crippen LogP contribution in [-0.4, -0.2) is 11.7 Å². The third-order valence-electron chi connectivity index (χ3n) is 4.14. The number of benzene rings is 2. The summed E-state index contributed by atoms with van der Waals surface area (Å²) in [6, 6.07) is 12.8. The van der Waals surface area contributed by atoms with Crippen molar-refractivity contribution in [1.29, 1.82) is 0 Å². The summed E-state index contributed by atoms with van der Waals surface area (Å²) < 4.78 is 5.73. The number of fused-ring (bicyclic) bond motifs is 1. The van der Waals surface area contributed by atoms with E-state index in [0.29, 0.717) is 22.6 Å². The van der Waals surface area contributed by atoms with Gasteiger partial charge in [0.25, 0.3) is 5.91 Å². The molecule has 1 heterocycles. The van der Waals surface area contributed by atoms with E-state index in [-0.39, 0.29) is 11.7 Å². The smallest absolute Gasteiger partial charge is 0.291 e. The molecule has 3 rings (SSSR count). The first-order valence-electron chi connectivity index (χ1n) is 7.94. The molecule has 4 nitrogen and oxygen atoms in total. The van der Waals surface area contributed by atoms with Gasteiger partial charge in [-0.15, -0.1) is 0 Å². The second kappa shape index (κ2) is 6.32. The van der Waals surface area contributed by atoms with Crippen LogP contribution < -0.4 is 5.32 Å². The van der Waals surface area contributed by atoms with Crippen molar-refractivity contribution in [3.05, 3.63) is 64.9 Å². The largest absolute Gasteiger partial charge is 0.451 e. The Morgan fingerprint density at radius 2 is 1.92 bits per heavy atom. The molecule has 0 saturated carbocycles. The molecule has 0 spiro atoms. The third kappa shape index (κ3) is 2.95. The molecule has 0 aliphatic rings. The van der Waals surface area contributed by atoms with Gasteiger partial charge in [-0.25, -0.2) is 0 Å². The van der Waals surface area contributed by atoms with Gasteiger partial charge in [-0.3, -0.25) is 9.59 Å². The molecule has 3 aromatic rings. The van der Waals surface area contributed by atoms with Crippen molar-refractivity contribution in [3.63, 3.8) is 0 Å². The Balaban J connectivity index is 1.93. The van der Waals surface area contributed by atoms with E-state index in [1.807, 2.05) is 19.1 Å². The molecule has 0 fully saturated rings. The molecule has 0 aliphatic heterocycles. The summed E-state index contributed by atoms with van der Waals surface area (Å²) in [7, 11) is 0. The van der Waals surface area contributed by atoms with Crippen LogP contribution in [0, 0.1) is 6.92 Å². The molecule has 0 atom stereocenters. The Hall–Kier alpha value is -2.88. The van der Waals surface area contributed by atoms with E-state index >= 15 is 0 Å². The van der Waals surface area contributed by atoms with E-state index in [1.54, 1.807) is 24.3 Å². The number of hydrogen-bond acceptors (Lipinski definition) is 3. The predicted octanol–water partition coefficient (Wildman–Crippen LogP) is 4.76. The summed E-state index contributed by atoms with van der Waals surface area (Å²) in [5, 5.41) is 3.75. The minimum absolute atomic E-state index is 0.0434. The Labute approximate surface area is 140 Å². The Bertz CT molecular complexity index is 937. The van der Waals surface area contributed by atoms with Gasteiger partial charge in [0.2, 0.25) is 0 Å². The van der Waals surface area contributed by atoms with Crippen molar-refractivity contribution < 1.29 is 14.0 Å². The predicted molar refractivity (Wildman–Crippen MR) is 94.7 cm³/mol. The fraction of sp³-hybridized carbons (Fsp3) is 0.200. The molecule has 1 N–H and O–H groups in total. The zero-order valence-electron chi connectivity index (χ0n) is 14.0. The number of rotatable bonds is 4. The van der Waals surface area contributed by atoms with Crippen LogP contribution in [0.1, 0.15) is 45.9 Å². The number of carbonyl (C=O) groups is 2. The lowest BCUT2D eigenvalue weighted by molar-refractivity contribution is 0.0993. The third-order valence-corrected chi connectivity index (χ3v) is 4.14. The number of Topliss-reactive ketones (excluding diaryl/α,β-unsaturated/α-hetero) is 1. The molecule has 122 valence electrons. The summed E-state index contributed by atoms with van der Waals surface area (Å²) in [6.45, 7) is 5.47. The summed E-state index contributed by atoms with van der Waals surface area (Å²) in [5.41, 5.74) is 3.85. The fourth-order valence-corrected chi connectivity index (χ4v) is 2.71. The molecule has 4 heteroatoms. The normalized spacial score (nSPS) is 10.8. The highest BCUT2D eigenvalue weighted by atomic mass is 16.3. The van der Waals surface area contributed by atoms with Gasteiger partial charge in [0.1, 0.15) is 5.58 Å². The maximum Gasteiger partial charge on any atom is 0.291 e. The van der Waals surface area contributed by atoms with Crippen LogP contribution >= 0.6 is 0 Å². The SMILES string of the molecule is CCc1ccc2oc(C(=O)Nc3cccc(C(C)=O)c3)c(C)c2c1. The average Bonchev–Trinajstić information content (AvgIpc) is 2.91. The minimum atomic E-state index is -0.317. The van der Waals surface area contributed by atoms with Crippen LogP contribution in [0.2, 0.25) is 0 Å². The number of amides is 1. The van der Waals surface area contributed by atoms with Gasteiger partial charge < -0.3 is 9.73 Å². The van der Waals surface area contributed by atoms with Gasteiger partial charge in [0.05, 0.1) is 0 Å². The molecule has 1 amide bonds. The van der Waals surface area contributed by atoms with Crippen molar-refractivity contribution >= 4 is 28.3 Å². The Kier molecular flexibility index (Phi) is 4.21. The molecule has 0 aliphatic carbocycles. The second-order valence-corrected chi connectivity index (χ2v) is 5.83. The average molecular weight is 321 g/mol. The first-order chi connectivity index (χ1) is 11.5. The van der Waals surface area contributed by atoms with Crippen molar-refractivity contribution in [2.75, 3.05) is 5.32 Å². The Morgan fingerprint density at radius 1 is 1.12 bits per heavy atom. The number of ketones is 1. The van der Waals surface area contributed by atoms with Crippen LogP contribution in [-0.2, 0) is 6.42 Å². The van der Waals surface area contributed by atoms with E-state index in [2.05, 4.69) is 18.3 Å². The van der Waals surface area contributed by atoms with Crippen molar-refractivity contribution in [2.45, 2.75) is 27.2 Å². The number of nitrogens with one attached hydrogen (secondary N) is 1. The van der Waals surface area contributed by atoms with Gasteiger partial charge >= 0.3 is 0 Å². The highest BCUT2D eigenvalue weighted by Gasteiger charge is 2.18. The molecule has 0 radical (unpaired) electrons. The minimum Gasteiger partial charge on any atom is -0.451 e. The van der Waals surface area contributed by atoms with Gasteiger partial charge in [0, 0.05) is 22.2 Å². The number of aryl methyl sites for hydroxylation is 2. The maximum absolute atomic E-state index is 12.6. The lowest BCUT2D eigenvalue weighted by Crippen LogP contribution is -2.12. The topological polar surface area (TPSA) is 59.3 Å². The molecule has 24 heavy (non-hydrogen) atoms. The monoisotopic (exact) mass is 321 g/mol. The van der Waals surface area contributed by atoms with Gasteiger partial charge in [-0.2, -0.15) is 0 Å². The molecular formula is C20H19NO3. The molecule has 0 unspecified atom stereocenters. The van der Waals surface area contributed by atoms with E-state index in [9.17, 15) is 9.59 Å². The summed E-state index contributed by atoms with van der Waals surface area (Å²) in [6.07, 6.45) is 0.930. The highest BCUT2D eigenvalue weighted by Crippen LogP contribution is 2.27. The maximum atomic E-state index is 12.6. The fourth-order valence-electron chi connectivity index (χ4n) is 2.71. The van der Waals surface area contributed by atoms with Gasteiger partial charge in [-0.1, -0.05) is 25.1 Å². The highest BCUT2D eigenvalue weighted by molar-refractivity contribution is 6.07. The number of anilines is 1. The Morgan fingerprint density at radius 3 is 2.62 bits per heavy atom. The standard InChI is InChI=1S/C20H19NO3/c1-4-14-8-9-18-17(10-14)12(2)19(24-18)20(23)21-16-7-5-6-15(11-16)13(3)22/h5-11H,4H2,1-3H3,(H,21,23). The molecule has 2 aromatic carbocycles. The van der Waals surface area contributed by atoms with E-state index in [0.717, 1.165) is 17.4 Å². The van der Waals surface area contributed by atoms with Crippen molar-refractivity contribution in [3.8, 4) is 0 Å². The first kappa shape index (κ1) is 16.0. The van der Waals surface area contributed by atoms with E-state index in [4.69, 9.17) is 4.42 Å². The zero-order valence-corrected chi connectivity index (χ0v) is 14.0. The second-order valence-electron chi connectivity index (χ2n) is 5.83. The van der Waals surface area contributed by atoms with E-state index < -0.39 is 0 Å². The lowest BCUT2D eigenvalue weighted by atomic mass is 10.1. The number of carbonyl (C=O) groups excluding carboxylic acids is 2. The molecular weight excluding hydrogens is 302 g/mol. The first-order valence-corrected chi connectivity index (χ1v) is 7.94. The summed E-state index contributed by atoms with van der Waals surface area (Å²) >= 11 is 0. The van der Waals surface area contributed by atoms with Gasteiger partial charge in [0.15, 0.2) is 11.5 Å². The van der Waals surface area contributed by atoms with Gasteiger partial charge in [-0.05, 0) is 50.1 Å².